The van der Waals surface area contributed by atoms with E-state index in [9.17, 15) is 9.18 Å². The molecule has 3 rings (SSSR count). The average Bonchev–Trinajstić information content (AvgIpc) is 2.83. The van der Waals surface area contributed by atoms with Crippen LogP contribution in [0.2, 0.25) is 0 Å². The van der Waals surface area contributed by atoms with Gasteiger partial charge in [0.25, 0.3) is 5.91 Å². The maximum absolute atomic E-state index is 13.8. The standard InChI is InChI=1S/C17H20FN3OS.ClH/c18-14-5-2-1-4-13(14)12-20-7-3-8-21(10-9-20)17(22)16-15(19)6-11-23-16;/h1-2,4-6,11H,3,7-10,12,19H2;1H. The van der Waals surface area contributed by atoms with E-state index in [2.05, 4.69) is 4.90 Å². The zero-order chi connectivity index (χ0) is 16.2. The Morgan fingerprint density at radius 2 is 1.96 bits per heavy atom. The van der Waals surface area contributed by atoms with E-state index in [1.54, 1.807) is 12.1 Å². The van der Waals surface area contributed by atoms with Gasteiger partial charge in [0.1, 0.15) is 10.7 Å². The number of hydrogen-bond donors (Lipinski definition) is 1. The largest absolute Gasteiger partial charge is 0.397 e. The first kappa shape index (κ1) is 18.7. The quantitative estimate of drug-likeness (QED) is 0.903. The summed E-state index contributed by atoms with van der Waals surface area (Å²) in [5, 5.41) is 1.84. The fraction of sp³-hybridized carbons (Fsp3) is 0.353. The molecule has 0 unspecified atom stereocenters. The number of hydrogen-bond acceptors (Lipinski definition) is 4. The van der Waals surface area contributed by atoms with Gasteiger partial charge in [0, 0.05) is 38.3 Å². The van der Waals surface area contributed by atoms with Crippen LogP contribution in [-0.4, -0.2) is 41.9 Å². The molecule has 0 aliphatic carbocycles. The molecule has 4 nitrogen and oxygen atoms in total. The van der Waals surface area contributed by atoms with E-state index in [4.69, 9.17) is 5.73 Å². The van der Waals surface area contributed by atoms with Crippen LogP contribution in [0.25, 0.3) is 0 Å². The third kappa shape index (κ3) is 4.26. The molecular formula is C17H21ClFN3OS. The van der Waals surface area contributed by atoms with Crippen LogP contribution in [0, 0.1) is 5.82 Å². The van der Waals surface area contributed by atoms with Crippen LogP contribution < -0.4 is 5.73 Å². The Morgan fingerprint density at radius 1 is 1.17 bits per heavy atom. The molecule has 1 aromatic heterocycles. The Morgan fingerprint density at radius 3 is 2.67 bits per heavy atom. The fourth-order valence-corrected chi connectivity index (χ4v) is 3.62. The van der Waals surface area contributed by atoms with Crippen LogP contribution in [0.5, 0.6) is 0 Å². The number of benzene rings is 1. The molecule has 7 heteroatoms. The van der Waals surface area contributed by atoms with Crippen molar-refractivity contribution in [2.75, 3.05) is 31.9 Å². The van der Waals surface area contributed by atoms with E-state index < -0.39 is 0 Å². The molecule has 0 atom stereocenters. The molecule has 0 bridgehead atoms. The smallest absolute Gasteiger partial charge is 0.266 e. The van der Waals surface area contributed by atoms with Crippen LogP contribution >= 0.6 is 23.7 Å². The number of amides is 1. The average molecular weight is 370 g/mol. The monoisotopic (exact) mass is 369 g/mol. The van der Waals surface area contributed by atoms with Crippen molar-refractivity contribution in [3.63, 3.8) is 0 Å². The molecule has 1 fully saturated rings. The number of thiophene rings is 1. The number of nitrogens with zero attached hydrogens (tertiary/aromatic N) is 2. The van der Waals surface area contributed by atoms with Gasteiger partial charge in [-0.2, -0.15) is 0 Å². The number of rotatable bonds is 3. The second-order valence-corrected chi connectivity index (χ2v) is 6.63. The van der Waals surface area contributed by atoms with Gasteiger partial charge in [-0.1, -0.05) is 18.2 Å². The first-order valence-corrected chi connectivity index (χ1v) is 8.61. The van der Waals surface area contributed by atoms with Crippen LogP contribution in [0.1, 0.15) is 21.7 Å². The number of carbonyl (C=O) groups excluding carboxylic acids is 1. The highest BCUT2D eigenvalue weighted by Crippen LogP contribution is 2.22. The maximum Gasteiger partial charge on any atom is 0.266 e. The first-order valence-electron chi connectivity index (χ1n) is 7.73. The van der Waals surface area contributed by atoms with Crippen LogP contribution in [0.15, 0.2) is 35.7 Å². The maximum atomic E-state index is 13.8. The predicted molar refractivity (Wildman–Crippen MR) is 98.2 cm³/mol. The van der Waals surface area contributed by atoms with E-state index in [0.29, 0.717) is 35.8 Å². The summed E-state index contributed by atoms with van der Waals surface area (Å²) in [6.45, 7) is 3.54. The molecule has 24 heavy (non-hydrogen) atoms. The third-order valence-electron chi connectivity index (χ3n) is 4.12. The predicted octanol–water partition coefficient (Wildman–Crippen LogP) is 3.24. The number of halogens is 2. The highest BCUT2D eigenvalue weighted by atomic mass is 35.5. The lowest BCUT2D eigenvalue weighted by atomic mass is 10.2. The van der Waals surface area contributed by atoms with Gasteiger partial charge in [-0.25, -0.2) is 4.39 Å². The van der Waals surface area contributed by atoms with Crippen molar-refractivity contribution in [2.24, 2.45) is 0 Å². The first-order chi connectivity index (χ1) is 11.1. The van der Waals surface area contributed by atoms with Crippen molar-refractivity contribution in [3.8, 4) is 0 Å². The van der Waals surface area contributed by atoms with Crippen molar-refractivity contribution in [3.05, 3.63) is 52.0 Å². The minimum Gasteiger partial charge on any atom is -0.397 e. The molecule has 2 heterocycles. The molecule has 130 valence electrons. The number of nitrogen functional groups attached to an aromatic ring is 1. The minimum absolute atomic E-state index is 0. The summed E-state index contributed by atoms with van der Waals surface area (Å²) in [6, 6.07) is 8.62. The van der Waals surface area contributed by atoms with Gasteiger partial charge < -0.3 is 10.6 Å². The molecule has 0 spiro atoms. The summed E-state index contributed by atoms with van der Waals surface area (Å²) in [5.41, 5.74) is 7.10. The molecule has 2 aromatic rings. The summed E-state index contributed by atoms with van der Waals surface area (Å²) in [6.07, 6.45) is 0.880. The lowest BCUT2D eigenvalue weighted by molar-refractivity contribution is 0.0767. The van der Waals surface area contributed by atoms with Crippen molar-refractivity contribution in [1.82, 2.24) is 9.80 Å². The summed E-state index contributed by atoms with van der Waals surface area (Å²) in [7, 11) is 0. The van der Waals surface area contributed by atoms with E-state index in [1.165, 1.54) is 17.4 Å². The fourth-order valence-electron chi connectivity index (χ4n) is 2.84. The molecule has 1 aliphatic heterocycles. The summed E-state index contributed by atoms with van der Waals surface area (Å²) >= 11 is 1.38. The van der Waals surface area contributed by atoms with Gasteiger partial charge in [0.15, 0.2) is 0 Å². The lowest BCUT2D eigenvalue weighted by Crippen LogP contribution is -2.35. The topological polar surface area (TPSA) is 49.6 Å². The van der Waals surface area contributed by atoms with Crippen molar-refractivity contribution >= 4 is 35.3 Å². The highest BCUT2D eigenvalue weighted by Gasteiger charge is 2.22. The number of nitrogens with two attached hydrogens (primary N) is 1. The summed E-state index contributed by atoms with van der Waals surface area (Å²) < 4.78 is 13.8. The van der Waals surface area contributed by atoms with Gasteiger partial charge in [-0.05, 0) is 23.9 Å². The van der Waals surface area contributed by atoms with Crippen molar-refractivity contribution in [2.45, 2.75) is 13.0 Å². The molecular weight excluding hydrogens is 349 g/mol. The third-order valence-corrected chi connectivity index (χ3v) is 5.04. The SMILES string of the molecule is Cl.Nc1ccsc1C(=O)N1CCCN(Cc2ccccc2F)CC1. The highest BCUT2D eigenvalue weighted by molar-refractivity contribution is 7.12. The number of carbonyl (C=O) groups is 1. The second-order valence-electron chi connectivity index (χ2n) is 5.72. The van der Waals surface area contributed by atoms with Crippen molar-refractivity contribution < 1.29 is 9.18 Å². The number of anilines is 1. The Hall–Kier alpha value is -1.63. The van der Waals surface area contributed by atoms with Gasteiger partial charge in [0.2, 0.25) is 0 Å². The van der Waals surface area contributed by atoms with E-state index in [-0.39, 0.29) is 24.1 Å². The Kier molecular flexibility index (Phi) is 6.60. The molecule has 1 saturated heterocycles. The molecule has 0 radical (unpaired) electrons. The van der Waals surface area contributed by atoms with Crippen LogP contribution in [0.3, 0.4) is 0 Å². The summed E-state index contributed by atoms with van der Waals surface area (Å²) in [5.74, 6) is -0.165. The molecule has 1 amide bonds. The van der Waals surface area contributed by atoms with E-state index >= 15 is 0 Å². The van der Waals surface area contributed by atoms with Crippen LogP contribution in [0.4, 0.5) is 10.1 Å². The van der Waals surface area contributed by atoms with E-state index in [1.807, 2.05) is 22.4 Å². The Labute approximate surface area is 151 Å². The van der Waals surface area contributed by atoms with Crippen molar-refractivity contribution in [1.29, 1.82) is 0 Å². The molecule has 0 saturated carbocycles. The van der Waals surface area contributed by atoms with Gasteiger partial charge in [-0.15, -0.1) is 23.7 Å². The second kappa shape index (κ2) is 8.46. The zero-order valence-electron chi connectivity index (χ0n) is 13.3. The Bertz CT molecular complexity index is 694. The van der Waals surface area contributed by atoms with E-state index in [0.717, 1.165) is 19.5 Å². The summed E-state index contributed by atoms with van der Waals surface area (Å²) in [4.78, 5) is 17.2. The lowest BCUT2D eigenvalue weighted by Gasteiger charge is -2.22. The Balaban J connectivity index is 0.00000208. The molecule has 1 aromatic carbocycles. The molecule has 1 aliphatic rings. The van der Waals surface area contributed by atoms with Gasteiger partial charge in [0.05, 0.1) is 5.69 Å². The minimum atomic E-state index is -0.170. The zero-order valence-corrected chi connectivity index (χ0v) is 14.9. The normalized spacial score (nSPS) is 15.6. The van der Waals surface area contributed by atoms with Gasteiger partial charge >= 0.3 is 0 Å². The van der Waals surface area contributed by atoms with Crippen LogP contribution in [-0.2, 0) is 6.54 Å². The van der Waals surface area contributed by atoms with Gasteiger partial charge in [-0.3, -0.25) is 9.69 Å². The molecule has 2 N–H and O–H groups in total.